The Morgan fingerprint density at radius 3 is 2.90 bits per heavy atom. The summed E-state index contributed by atoms with van der Waals surface area (Å²) in [7, 11) is 0. The maximum absolute atomic E-state index is 11.7. The third-order valence-electron chi connectivity index (χ3n) is 3.17. The third kappa shape index (κ3) is 2.94. The second-order valence-electron chi connectivity index (χ2n) is 4.70. The average molecular weight is 281 g/mol. The van der Waals surface area contributed by atoms with Gasteiger partial charge in [0.15, 0.2) is 0 Å². The molecule has 0 unspecified atom stereocenters. The fourth-order valence-electron chi connectivity index (χ4n) is 2.22. The second kappa shape index (κ2) is 5.79. The highest BCUT2D eigenvalue weighted by molar-refractivity contribution is 5.92. The molecular formula is C17H15NO3. The van der Waals surface area contributed by atoms with Crippen molar-refractivity contribution in [3.05, 3.63) is 65.7 Å². The van der Waals surface area contributed by atoms with Gasteiger partial charge in [-0.15, -0.1) is 0 Å². The van der Waals surface area contributed by atoms with E-state index < -0.39 is 5.97 Å². The van der Waals surface area contributed by atoms with Crippen molar-refractivity contribution in [3.63, 3.8) is 0 Å². The number of hydrogen-bond donors (Lipinski definition) is 0. The standard InChI is InChI=1S/C17H15NO3/c1-2-20-17(19)16-11-13-9-12(6-7-15(13)21-16)10-14-5-3-4-8-18-14/h3-9,11H,2,10H2,1H3. The number of hydrogen-bond acceptors (Lipinski definition) is 4. The van der Waals surface area contributed by atoms with Crippen LogP contribution >= 0.6 is 0 Å². The van der Waals surface area contributed by atoms with E-state index in [-0.39, 0.29) is 5.76 Å². The van der Waals surface area contributed by atoms with Crippen molar-refractivity contribution < 1.29 is 13.9 Å². The Morgan fingerprint density at radius 1 is 1.24 bits per heavy atom. The Morgan fingerprint density at radius 2 is 2.14 bits per heavy atom. The van der Waals surface area contributed by atoms with Gasteiger partial charge in [0.2, 0.25) is 5.76 Å². The van der Waals surface area contributed by atoms with Crippen LogP contribution in [0.5, 0.6) is 0 Å². The highest BCUT2D eigenvalue weighted by atomic mass is 16.5. The third-order valence-corrected chi connectivity index (χ3v) is 3.17. The highest BCUT2D eigenvalue weighted by Gasteiger charge is 2.13. The number of ether oxygens (including phenoxy) is 1. The summed E-state index contributed by atoms with van der Waals surface area (Å²) in [5, 5.41) is 0.895. The van der Waals surface area contributed by atoms with Crippen LogP contribution in [0.2, 0.25) is 0 Å². The number of rotatable bonds is 4. The summed E-state index contributed by atoms with van der Waals surface area (Å²) in [6, 6.07) is 13.4. The zero-order chi connectivity index (χ0) is 14.7. The van der Waals surface area contributed by atoms with Crippen LogP contribution in [0.25, 0.3) is 11.0 Å². The van der Waals surface area contributed by atoms with Crippen molar-refractivity contribution in [1.29, 1.82) is 0 Å². The Labute approximate surface area is 122 Å². The van der Waals surface area contributed by atoms with Crippen molar-refractivity contribution >= 4 is 16.9 Å². The van der Waals surface area contributed by atoms with Crippen molar-refractivity contribution in [3.8, 4) is 0 Å². The molecule has 0 aliphatic heterocycles. The lowest BCUT2D eigenvalue weighted by molar-refractivity contribution is 0.0492. The number of benzene rings is 1. The monoisotopic (exact) mass is 281 g/mol. The number of fused-ring (bicyclic) bond motifs is 1. The topological polar surface area (TPSA) is 52.3 Å². The zero-order valence-electron chi connectivity index (χ0n) is 11.7. The predicted octanol–water partition coefficient (Wildman–Crippen LogP) is 3.60. The van der Waals surface area contributed by atoms with Crippen LogP contribution in [0.1, 0.15) is 28.7 Å². The fraction of sp³-hybridized carbons (Fsp3) is 0.176. The number of furan rings is 1. The number of carbonyl (C=O) groups is 1. The van der Waals surface area contributed by atoms with Gasteiger partial charge < -0.3 is 9.15 Å². The lowest BCUT2D eigenvalue weighted by Gasteiger charge is -2.00. The van der Waals surface area contributed by atoms with Gasteiger partial charge in [-0.05, 0) is 42.8 Å². The van der Waals surface area contributed by atoms with Gasteiger partial charge in [0.1, 0.15) is 5.58 Å². The van der Waals surface area contributed by atoms with Crippen LogP contribution in [0.3, 0.4) is 0 Å². The number of aromatic nitrogens is 1. The largest absolute Gasteiger partial charge is 0.460 e. The Bertz CT molecular complexity index is 762. The molecule has 106 valence electrons. The summed E-state index contributed by atoms with van der Waals surface area (Å²) in [5.74, 6) is -0.193. The molecule has 0 fully saturated rings. The Hall–Kier alpha value is -2.62. The van der Waals surface area contributed by atoms with E-state index in [0.717, 1.165) is 23.1 Å². The molecule has 0 saturated heterocycles. The van der Waals surface area contributed by atoms with E-state index in [1.807, 2.05) is 36.4 Å². The smallest absolute Gasteiger partial charge is 0.374 e. The summed E-state index contributed by atoms with van der Waals surface area (Å²) in [6.45, 7) is 2.10. The molecule has 4 heteroatoms. The second-order valence-corrected chi connectivity index (χ2v) is 4.70. The van der Waals surface area contributed by atoms with Crippen molar-refractivity contribution in [2.24, 2.45) is 0 Å². The molecule has 0 aliphatic rings. The molecule has 1 aromatic carbocycles. The maximum Gasteiger partial charge on any atom is 0.374 e. The van der Waals surface area contributed by atoms with Gasteiger partial charge in [0.05, 0.1) is 6.61 Å². The minimum absolute atomic E-state index is 0.238. The van der Waals surface area contributed by atoms with Crippen molar-refractivity contribution in [1.82, 2.24) is 4.98 Å². The van der Waals surface area contributed by atoms with E-state index in [9.17, 15) is 4.79 Å². The first-order valence-corrected chi connectivity index (χ1v) is 6.86. The molecule has 3 aromatic rings. The van der Waals surface area contributed by atoms with Crippen LogP contribution in [0.15, 0.2) is 53.1 Å². The highest BCUT2D eigenvalue weighted by Crippen LogP contribution is 2.22. The molecule has 0 radical (unpaired) electrons. The molecule has 21 heavy (non-hydrogen) atoms. The summed E-state index contributed by atoms with van der Waals surface area (Å²) in [6.07, 6.45) is 2.53. The average Bonchev–Trinajstić information content (AvgIpc) is 2.92. The van der Waals surface area contributed by atoms with E-state index in [0.29, 0.717) is 12.2 Å². The summed E-state index contributed by atoms with van der Waals surface area (Å²) in [5.41, 5.74) is 2.81. The summed E-state index contributed by atoms with van der Waals surface area (Å²) < 4.78 is 10.4. The normalized spacial score (nSPS) is 10.7. The van der Waals surface area contributed by atoms with E-state index in [1.54, 1.807) is 19.2 Å². The first-order valence-electron chi connectivity index (χ1n) is 6.86. The number of pyridine rings is 1. The molecule has 0 saturated carbocycles. The van der Waals surface area contributed by atoms with Crippen LogP contribution in [-0.2, 0) is 11.2 Å². The number of carbonyl (C=O) groups excluding carboxylic acids is 1. The van der Waals surface area contributed by atoms with Crippen LogP contribution in [0, 0.1) is 0 Å². The van der Waals surface area contributed by atoms with Gasteiger partial charge in [-0.3, -0.25) is 4.98 Å². The van der Waals surface area contributed by atoms with Crippen LogP contribution in [0.4, 0.5) is 0 Å². The van der Waals surface area contributed by atoms with E-state index in [2.05, 4.69) is 4.98 Å². The molecule has 2 heterocycles. The zero-order valence-corrected chi connectivity index (χ0v) is 11.7. The van der Waals surface area contributed by atoms with E-state index >= 15 is 0 Å². The lowest BCUT2D eigenvalue weighted by atomic mass is 10.1. The van der Waals surface area contributed by atoms with Gasteiger partial charge in [0.25, 0.3) is 0 Å². The fourth-order valence-corrected chi connectivity index (χ4v) is 2.22. The molecular weight excluding hydrogens is 266 g/mol. The van der Waals surface area contributed by atoms with Gasteiger partial charge >= 0.3 is 5.97 Å². The summed E-state index contributed by atoms with van der Waals surface area (Å²) >= 11 is 0. The van der Waals surface area contributed by atoms with E-state index in [4.69, 9.17) is 9.15 Å². The van der Waals surface area contributed by atoms with Gasteiger partial charge in [-0.25, -0.2) is 4.79 Å². The number of esters is 1. The van der Waals surface area contributed by atoms with Gasteiger partial charge in [-0.2, -0.15) is 0 Å². The Kier molecular flexibility index (Phi) is 3.69. The van der Waals surface area contributed by atoms with Crippen molar-refractivity contribution in [2.45, 2.75) is 13.3 Å². The Balaban J connectivity index is 1.88. The van der Waals surface area contributed by atoms with Crippen LogP contribution < -0.4 is 0 Å². The molecule has 0 amide bonds. The molecule has 2 aromatic heterocycles. The molecule has 0 N–H and O–H groups in total. The molecule has 0 bridgehead atoms. The van der Waals surface area contributed by atoms with Gasteiger partial charge in [0, 0.05) is 23.7 Å². The molecule has 0 aliphatic carbocycles. The van der Waals surface area contributed by atoms with Crippen LogP contribution in [-0.4, -0.2) is 17.6 Å². The maximum atomic E-state index is 11.7. The van der Waals surface area contributed by atoms with Crippen molar-refractivity contribution in [2.75, 3.05) is 6.61 Å². The summed E-state index contributed by atoms with van der Waals surface area (Å²) in [4.78, 5) is 16.0. The first kappa shape index (κ1) is 13.4. The first-order chi connectivity index (χ1) is 10.3. The molecule has 0 spiro atoms. The SMILES string of the molecule is CCOC(=O)c1cc2cc(Cc3ccccn3)ccc2o1. The molecule has 3 rings (SSSR count). The van der Waals surface area contributed by atoms with E-state index in [1.165, 1.54) is 0 Å². The lowest BCUT2D eigenvalue weighted by Crippen LogP contribution is -2.02. The molecule has 0 atom stereocenters. The number of nitrogens with zero attached hydrogens (tertiary/aromatic N) is 1. The quantitative estimate of drug-likeness (QED) is 0.686. The van der Waals surface area contributed by atoms with Gasteiger partial charge in [-0.1, -0.05) is 12.1 Å². The minimum Gasteiger partial charge on any atom is -0.460 e. The minimum atomic E-state index is -0.431. The predicted molar refractivity (Wildman–Crippen MR) is 79.2 cm³/mol. The molecule has 4 nitrogen and oxygen atoms in total.